The summed E-state index contributed by atoms with van der Waals surface area (Å²) in [6.45, 7) is 0.574. The highest BCUT2D eigenvalue weighted by atomic mass is 19.4. The highest BCUT2D eigenvalue weighted by molar-refractivity contribution is 5.79. The third-order valence-electron chi connectivity index (χ3n) is 5.15. The van der Waals surface area contributed by atoms with Crippen LogP contribution in [-0.2, 0) is 11.0 Å². The number of aliphatic hydroxyl groups is 1. The fourth-order valence-corrected chi connectivity index (χ4v) is 3.93. The average Bonchev–Trinajstić information content (AvgIpc) is 3.09. The molecule has 28 heavy (non-hydrogen) atoms. The van der Waals surface area contributed by atoms with E-state index in [0.29, 0.717) is 25.2 Å². The number of alkyl halides is 3. The molecule has 1 saturated heterocycles. The van der Waals surface area contributed by atoms with E-state index in [4.69, 9.17) is 5.11 Å². The molecule has 2 N–H and O–H groups in total. The second-order valence-electron chi connectivity index (χ2n) is 6.97. The normalized spacial score (nSPS) is 21.3. The number of carbonyl (C=O) groups is 1. The molecule has 2 atom stereocenters. The van der Waals surface area contributed by atoms with E-state index < -0.39 is 24.3 Å². The molecular weight excluding hydrogens is 373 g/mol. The Bertz CT molecular complexity index is 872. The second-order valence-corrected chi connectivity index (χ2v) is 6.97. The Balaban J connectivity index is 1.63. The maximum atomic E-state index is 12.9. The van der Waals surface area contributed by atoms with Crippen molar-refractivity contribution in [1.82, 2.24) is 10.3 Å². The van der Waals surface area contributed by atoms with Gasteiger partial charge < -0.3 is 20.2 Å². The maximum absolute atomic E-state index is 12.9. The van der Waals surface area contributed by atoms with Crippen molar-refractivity contribution < 1.29 is 23.1 Å². The predicted octanol–water partition coefficient (Wildman–Crippen LogP) is 2.31. The molecule has 1 aromatic carbocycles. The number of pyridine rings is 1. The molecule has 1 aromatic heterocycles. The summed E-state index contributed by atoms with van der Waals surface area (Å²) >= 11 is 0. The van der Waals surface area contributed by atoms with E-state index in [1.807, 2.05) is 11.0 Å². The van der Waals surface area contributed by atoms with Gasteiger partial charge in [-0.15, -0.1) is 0 Å². The predicted molar refractivity (Wildman–Crippen MR) is 97.5 cm³/mol. The largest absolute Gasteiger partial charge is 0.416 e. The molecule has 0 radical (unpaired) electrons. The fourth-order valence-electron chi connectivity index (χ4n) is 3.93. The van der Waals surface area contributed by atoms with Gasteiger partial charge in [0.05, 0.1) is 17.3 Å². The van der Waals surface area contributed by atoms with E-state index in [0.717, 1.165) is 23.6 Å². The summed E-state index contributed by atoms with van der Waals surface area (Å²) in [6.07, 6.45) is -2.04. The Morgan fingerprint density at radius 3 is 2.64 bits per heavy atom. The molecular formula is C19H19F3N4O2. The van der Waals surface area contributed by atoms with E-state index in [2.05, 4.69) is 15.2 Å². The van der Waals surface area contributed by atoms with Gasteiger partial charge in [-0.3, -0.25) is 4.79 Å². The van der Waals surface area contributed by atoms with Gasteiger partial charge in [-0.1, -0.05) is 0 Å². The quantitative estimate of drug-likeness (QED) is 0.839. The molecule has 2 aliphatic heterocycles. The molecule has 6 nitrogen and oxygen atoms in total. The molecule has 0 saturated carbocycles. The highest BCUT2D eigenvalue weighted by Gasteiger charge is 2.40. The number of benzene rings is 1. The average molecular weight is 392 g/mol. The van der Waals surface area contributed by atoms with Crippen LogP contribution in [0.1, 0.15) is 12.0 Å². The van der Waals surface area contributed by atoms with Crippen LogP contribution in [0, 0.1) is 0 Å². The van der Waals surface area contributed by atoms with Gasteiger partial charge in [0, 0.05) is 31.0 Å². The molecule has 4 rings (SSSR count). The second kappa shape index (κ2) is 6.97. The summed E-state index contributed by atoms with van der Waals surface area (Å²) in [4.78, 5) is 20.1. The number of hydrogen-bond acceptors (Lipinski definition) is 5. The van der Waals surface area contributed by atoms with Crippen LogP contribution in [0.2, 0.25) is 0 Å². The van der Waals surface area contributed by atoms with Crippen LogP contribution in [0.15, 0.2) is 42.6 Å². The first-order chi connectivity index (χ1) is 13.4. The van der Waals surface area contributed by atoms with Gasteiger partial charge in [-0.05, 0) is 42.8 Å². The zero-order valence-corrected chi connectivity index (χ0v) is 14.9. The highest BCUT2D eigenvalue weighted by Crippen LogP contribution is 2.42. The number of amides is 1. The van der Waals surface area contributed by atoms with Crippen LogP contribution >= 0.6 is 0 Å². The standard InChI is InChI=1S/C19H19F3N4O2/c20-19(21,22)12-3-5-14(6-4-12)25-10-15-8-13(24-17(28)11-27)9-26(15)18-16(25)2-1-7-23-18/h1-7,13,15,27H,8-11H2,(H,24,28)/t13-,15-/m1/s1. The lowest BCUT2D eigenvalue weighted by Crippen LogP contribution is -2.44. The summed E-state index contributed by atoms with van der Waals surface area (Å²) in [6, 6.07) is 8.70. The number of fused-ring (bicyclic) bond motifs is 3. The Labute approximate surface area is 159 Å². The third kappa shape index (κ3) is 3.37. The first kappa shape index (κ1) is 18.5. The van der Waals surface area contributed by atoms with E-state index in [9.17, 15) is 18.0 Å². The molecule has 1 fully saturated rings. The molecule has 3 heterocycles. The van der Waals surface area contributed by atoms with Gasteiger partial charge in [-0.25, -0.2) is 4.98 Å². The monoisotopic (exact) mass is 392 g/mol. The minimum Gasteiger partial charge on any atom is -0.387 e. The van der Waals surface area contributed by atoms with Gasteiger partial charge in [0.15, 0.2) is 5.82 Å². The van der Waals surface area contributed by atoms with Gasteiger partial charge in [-0.2, -0.15) is 13.2 Å². The number of rotatable bonds is 3. The number of carbonyl (C=O) groups excluding carboxylic acids is 1. The lowest BCUT2D eigenvalue weighted by atomic mass is 10.1. The molecule has 0 spiro atoms. The van der Waals surface area contributed by atoms with Gasteiger partial charge in [0.1, 0.15) is 6.61 Å². The molecule has 1 amide bonds. The number of aliphatic hydroxyl groups excluding tert-OH is 1. The molecule has 2 aromatic rings. The van der Waals surface area contributed by atoms with Gasteiger partial charge >= 0.3 is 6.18 Å². The van der Waals surface area contributed by atoms with E-state index in [1.54, 1.807) is 12.3 Å². The zero-order valence-electron chi connectivity index (χ0n) is 14.9. The molecule has 0 bridgehead atoms. The number of anilines is 3. The Kier molecular flexibility index (Phi) is 4.62. The molecule has 0 unspecified atom stereocenters. The minimum atomic E-state index is -4.37. The van der Waals surface area contributed by atoms with Crippen LogP contribution in [0.3, 0.4) is 0 Å². The minimum absolute atomic E-state index is 0.0497. The number of nitrogens with one attached hydrogen (secondary N) is 1. The zero-order chi connectivity index (χ0) is 19.9. The topological polar surface area (TPSA) is 68.7 Å². The smallest absolute Gasteiger partial charge is 0.387 e. The van der Waals surface area contributed by atoms with Crippen LogP contribution in [0.4, 0.5) is 30.4 Å². The van der Waals surface area contributed by atoms with Crippen molar-refractivity contribution in [3.8, 4) is 0 Å². The lowest BCUT2D eigenvalue weighted by Gasteiger charge is -2.40. The summed E-state index contributed by atoms with van der Waals surface area (Å²) in [5, 5.41) is 11.7. The van der Waals surface area contributed by atoms with Gasteiger partial charge in [0.2, 0.25) is 5.91 Å². The fraction of sp³-hybridized carbons (Fsp3) is 0.368. The van der Waals surface area contributed by atoms with Crippen molar-refractivity contribution in [2.24, 2.45) is 0 Å². The van der Waals surface area contributed by atoms with Crippen molar-refractivity contribution in [3.63, 3.8) is 0 Å². The van der Waals surface area contributed by atoms with Crippen LogP contribution in [-0.4, -0.2) is 47.8 Å². The summed E-state index contributed by atoms with van der Waals surface area (Å²) in [7, 11) is 0. The van der Waals surface area contributed by atoms with Crippen LogP contribution in [0.25, 0.3) is 0 Å². The van der Waals surface area contributed by atoms with Crippen molar-refractivity contribution in [3.05, 3.63) is 48.2 Å². The third-order valence-corrected chi connectivity index (χ3v) is 5.15. The number of hydrogen-bond donors (Lipinski definition) is 2. The van der Waals surface area contributed by atoms with Crippen molar-refractivity contribution in [1.29, 1.82) is 0 Å². The van der Waals surface area contributed by atoms with Crippen LogP contribution in [0.5, 0.6) is 0 Å². The summed E-state index contributed by atoms with van der Waals surface area (Å²) in [5.41, 5.74) is 0.784. The first-order valence-corrected chi connectivity index (χ1v) is 8.93. The Morgan fingerprint density at radius 1 is 1.21 bits per heavy atom. The van der Waals surface area contributed by atoms with Gasteiger partial charge in [0.25, 0.3) is 0 Å². The summed E-state index contributed by atoms with van der Waals surface area (Å²) < 4.78 is 38.6. The molecule has 148 valence electrons. The van der Waals surface area contributed by atoms with E-state index >= 15 is 0 Å². The van der Waals surface area contributed by atoms with Crippen molar-refractivity contribution >= 4 is 23.1 Å². The number of halogens is 3. The number of nitrogens with zero attached hydrogens (tertiary/aromatic N) is 3. The SMILES string of the molecule is O=C(CO)N[C@@H]1C[C@@H]2CN(c3ccc(C(F)(F)F)cc3)c3cccnc3N2C1. The maximum Gasteiger partial charge on any atom is 0.416 e. The number of aromatic nitrogens is 1. The first-order valence-electron chi connectivity index (χ1n) is 8.93. The van der Waals surface area contributed by atoms with E-state index in [-0.39, 0.29) is 12.1 Å². The molecule has 9 heteroatoms. The lowest BCUT2D eigenvalue weighted by molar-refractivity contribution is -0.137. The Morgan fingerprint density at radius 2 is 1.96 bits per heavy atom. The summed E-state index contributed by atoms with van der Waals surface area (Å²) in [5.74, 6) is 0.310. The molecule has 0 aliphatic carbocycles. The van der Waals surface area contributed by atoms with Crippen molar-refractivity contribution in [2.75, 3.05) is 29.5 Å². The van der Waals surface area contributed by atoms with Crippen LogP contribution < -0.4 is 15.1 Å². The molecule has 2 aliphatic rings. The Hall–Kier alpha value is -2.81. The van der Waals surface area contributed by atoms with Crippen molar-refractivity contribution in [2.45, 2.75) is 24.7 Å². The van der Waals surface area contributed by atoms with E-state index in [1.165, 1.54) is 12.1 Å².